The summed E-state index contributed by atoms with van der Waals surface area (Å²) in [5, 5.41) is 19.0. The van der Waals surface area contributed by atoms with Crippen LogP contribution in [0.3, 0.4) is 0 Å². The number of carboxylic acid groups (broad SMARTS) is 2. The van der Waals surface area contributed by atoms with E-state index in [9.17, 15) is 34.0 Å². The quantitative estimate of drug-likeness (QED) is 0.431. The van der Waals surface area contributed by atoms with Crippen LogP contribution < -0.4 is 14.7 Å². The molecule has 0 aromatic heterocycles. The van der Waals surface area contributed by atoms with E-state index in [1.54, 1.807) is 48.5 Å². The summed E-state index contributed by atoms with van der Waals surface area (Å²) in [7, 11) is -3.94. The van der Waals surface area contributed by atoms with Gasteiger partial charge >= 0.3 is 11.9 Å². The highest BCUT2D eigenvalue weighted by Crippen LogP contribution is 2.60. The summed E-state index contributed by atoms with van der Waals surface area (Å²) in [4.78, 5) is 50.0. The van der Waals surface area contributed by atoms with E-state index in [2.05, 4.69) is 0 Å². The molecule has 2 atom stereocenters. The molecule has 2 aliphatic rings. The van der Waals surface area contributed by atoms with E-state index in [1.165, 1.54) is 0 Å². The highest BCUT2D eigenvalue weighted by atomic mass is 31.2. The van der Waals surface area contributed by atoms with Crippen LogP contribution in [0.1, 0.15) is 27.1 Å². The summed E-state index contributed by atoms with van der Waals surface area (Å²) >= 11 is 0. The zero-order valence-electron chi connectivity index (χ0n) is 17.4. The SMILES string of the molecule is O=C(O)c1cc(C(=O)O)cc(N2C(=O)CC(P3(=O)Oc4ccccc4-c4ccccc43)C2=O)c1. The zero-order chi connectivity index (χ0) is 24.2. The first-order chi connectivity index (χ1) is 16.2. The molecule has 10 heteroatoms. The van der Waals surface area contributed by atoms with Gasteiger partial charge in [-0.15, -0.1) is 0 Å². The van der Waals surface area contributed by atoms with Crippen LogP contribution >= 0.6 is 7.37 Å². The van der Waals surface area contributed by atoms with Gasteiger partial charge in [-0.3, -0.25) is 14.2 Å². The highest BCUT2D eigenvalue weighted by Gasteiger charge is 2.54. The van der Waals surface area contributed by atoms with Gasteiger partial charge in [0.2, 0.25) is 11.8 Å². The largest absolute Gasteiger partial charge is 0.478 e. The number of hydrogen-bond acceptors (Lipinski definition) is 6. The van der Waals surface area contributed by atoms with Crippen LogP contribution in [0.15, 0.2) is 66.7 Å². The lowest BCUT2D eigenvalue weighted by molar-refractivity contribution is -0.121. The molecule has 1 fully saturated rings. The van der Waals surface area contributed by atoms with Crippen LogP contribution in [0, 0.1) is 0 Å². The first-order valence-electron chi connectivity index (χ1n) is 10.2. The van der Waals surface area contributed by atoms with Crippen molar-refractivity contribution < 1.29 is 38.5 Å². The Balaban J connectivity index is 1.61. The van der Waals surface area contributed by atoms with Crippen LogP contribution in [0.2, 0.25) is 0 Å². The molecular formula is C24H16NO8P. The van der Waals surface area contributed by atoms with Gasteiger partial charge in [0.1, 0.15) is 11.4 Å². The van der Waals surface area contributed by atoms with E-state index in [-0.39, 0.29) is 5.69 Å². The van der Waals surface area contributed by atoms with E-state index < -0.39 is 54.3 Å². The summed E-state index contributed by atoms with van der Waals surface area (Å²) in [6, 6.07) is 16.7. The molecule has 0 aliphatic carbocycles. The third-order valence-corrected chi connectivity index (χ3v) is 8.61. The molecule has 34 heavy (non-hydrogen) atoms. The maximum absolute atomic E-state index is 14.3. The fourth-order valence-electron chi connectivity index (χ4n) is 4.31. The molecule has 170 valence electrons. The van der Waals surface area contributed by atoms with Crippen molar-refractivity contribution in [3.63, 3.8) is 0 Å². The van der Waals surface area contributed by atoms with Crippen molar-refractivity contribution in [3.05, 3.63) is 77.9 Å². The Morgan fingerprint density at radius 3 is 2.12 bits per heavy atom. The van der Waals surface area contributed by atoms with Crippen molar-refractivity contribution >= 4 is 42.1 Å². The molecule has 0 spiro atoms. The smallest absolute Gasteiger partial charge is 0.335 e. The number of amides is 2. The Morgan fingerprint density at radius 2 is 1.47 bits per heavy atom. The lowest BCUT2D eigenvalue weighted by atomic mass is 10.0. The second-order valence-corrected chi connectivity index (χ2v) is 10.3. The van der Waals surface area contributed by atoms with Gasteiger partial charge in [-0.25, -0.2) is 14.5 Å². The Hall–Kier alpha value is -4.23. The van der Waals surface area contributed by atoms with Crippen LogP contribution in [0.5, 0.6) is 5.75 Å². The predicted octanol–water partition coefficient (Wildman–Crippen LogP) is 3.38. The highest BCUT2D eigenvalue weighted by molar-refractivity contribution is 7.69. The monoisotopic (exact) mass is 477 g/mol. The third-order valence-electron chi connectivity index (χ3n) is 5.85. The number of imide groups is 1. The molecule has 2 unspecified atom stereocenters. The molecule has 0 saturated carbocycles. The fourth-order valence-corrected chi connectivity index (χ4v) is 6.95. The van der Waals surface area contributed by atoms with Crippen molar-refractivity contribution in [1.29, 1.82) is 0 Å². The summed E-state index contributed by atoms with van der Waals surface area (Å²) in [6.07, 6.45) is -0.438. The average Bonchev–Trinajstić information content (AvgIpc) is 3.13. The Kier molecular flexibility index (Phi) is 4.88. The van der Waals surface area contributed by atoms with Gasteiger partial charge in [0.05, 0.1) is 22.1 Å². The van der Waals surface area contributed by atoms with E-state index in [1.807, 2.05) is 0 Å². The third kappa shape index (κ3) is 3.21. The summed E-state index contributed by atoms with van der Waals surface area (Å²) in [5.41, 5.74) is -1.04. The number of rotatable bonds is 4. The van der Waals surface area contributed by atoms with Gasteiger partial charge < -0.3 is 14.7 Å². The van der Waals surface area contributed by atoms with Crippen molar-refractivity contribution in [2.24, 2.45) is 0 Å². The topological polar surface area (TPSA) is 138 Å². The van der Waals surface area contributed by atoms with Gasteiger partial charge in [-0.05, 0) is 35.9 Å². The fraction of sp³-hybridized carbons (Fsp3) is 0.0833. The molecule has 5 rings (SSSR count). The van der Waals surface area contributed by atoms with E-state index >= 15 is 0 Å². The normalized spacial score (nSPS) is 20.9. The lowest BCUT2D eigenvalue weighted by Crippen LogP contribution is -2.35. The molecule has 3 aromatic rings. The number of carboxylic acids is 2. The number of para-hydroxylation sites is 1. The van der Waals surface area contributed by atoms with E-state index in [0.29, 0.717) is 27.1 Å². The first kappa shape index (κ1) is 21.6. The number of hydrogen-bond donors (Lipinski definition) is 2. The van der Waals surface area contributed by atoms with Crippen LogP contribution in [0.4, 0.5) is 5.69 Å². The van der Waals surface area contributed by atoms with Crippen molar-refractivity contribution in [2.75, 3.05) is 4.90 Å². The van der Waals surface area contributed by atoms with Gasteiger partial charge in [-0.2, -0.15) is 0 Å². The molecule has 0 radical (unpaired) electrons. The summed E-state index contributed by atoms with van der Waals surface area (Å²) in [6.45, 7) is 0. The molecule has 3 aromatic carbocycles. The molecule has 2 heterocycles. The second kappa shape index (κ2) is 7.67. The number of benzene rings is 3. The molecule has 2 amide bonds. The Labute approximate surface area is 192 Å². The number of fused-ring (bicyclic) bond motifs is 3. The van der Waals surface area contributed by atoms with Crippen molar-refractivity contribution in [2.45, 2.75) is 12.1 Å². The second-order valence-electron chi connectivity index (χ2n) is 7.87. The average molecular weight is 477 g/mol. The zero-order valence-corrected chi connectivity index (χ0v) is 18.3. The molecular weight excluding hydrogens is 461 g/mol. The molecule has 1 saturated heterocycles. The number of carbonyl (C=O) groups excluding carboxylic acids is 2. The van der Waals surface area contributed by atoms with Crippen molar-refractivity contribution in [3.8, 4) is 16.9 Å². The number of nitrogens with zero attached hydrogens (tertiary/aromatic N) is 1. The van der Waals surface area contributed by atoms with Gasteiger partial charge in [0.25, 0.3) is 7.37 Å². The van der Waals surface area contributed by atoms with Crippen LogP contribution in [0.25, 0.3) is 11.1 Å². The molecule has 9 nitrogen and oxygen atoms in total. The minimum absolute atomic E-state index is 0.216. The molecule has 2 N–H and O–H groups in total. The van der Waals surface area contributed by atoms with Gasteiger partial charge in [-0.1, -0.05) is 36.4 Å². The Bertz CT molecular complexity index is 1430. The lowest BCUT2D eigenvalue weighted by Gasteiger charge is -2.31. The van der Waals surface area contributed by atoms with Crippen molar-refractivity contribution in [1.82, 2.24) is 0 Å². The van der Waals surface area contributed by atoms with Gasteiger partial charge in [0, 0.05) is 12.0 Å². The standard InChI is InChI=1S/C24H16NO8P/c26-21-12-20(22(27)25(21)15-10-13(23(28)29)9-14(11-15)24(30)31)34(32)19-8-4-2-6-17(19)16-5-1-3-7-18(16)33-34/h1-11,20H,12H2,(H,28,29)(H,30,31). The van der Waals surface area contributed by atoms with Crippen LogP contribution in [-0.2, 0) is 14.2 Å². The Morgan fingerprint density at radius 1 is 0.882 bits per heavy atom. The summed E-state index contributed by atoms with van der Waals surface area (Å²) < 4.78 is 20.2. The van der Waals surface area contributed by atoms with E-state index in [0.717, 1.165) is 18.2 Å². The maximum atomic E-state index is 14.3. The minimum Gasteiger partial charge on any atom is -0.478 e. The maximum Gasteiger partial charge on any atom is 0.335 e. The minimum atomic E-state index is -3.94. The van der Waals surface area contributed by atoms with Crippen LogP contribution in [-0.4, -0.2) is 39.6 Å². The summed E-state index contributed by atoms with van der Waals surface area (Å²) in [5.74, 6) is -4.10. The van der Waals surface area contributed by atoms with Gasteiger partial charge in [0.15, 0.2) is 0 Å². The number of aromatic carboxylic acids is 2. The van der Waals surface area contributed by atoms with E-state index in [4.69, 9.17) is 4.52 Å². The predicted molar refractivity (Wildman–Crippen MR) is 121 cm³/mol. The number of anilines is 1. The molecule has 0 bridgehead atoms. The first-order valence-corrected chi connectivity index (χ1v) is 11.9. The number of carbonyl (C=O) groups is 4. The molecule has 2 aliphatic heterocycles.